The van der Waals surface area contributed by atoms with Crippen molar-refractivity contribution in [3.63, 3.8) is 0 Å². The highest BCUT2D eigenvalue weighted by Crippen LogP contribution is 2.33. The number of nitrogen functional groups attached to an aromatic ring is 1. The van der Waals surface area contributed by atoms with E-state index in [2.05, 4.69) is 21.8 Å². The lowest BCUT2D eigenvalue weighted by Gasteiger charge is -2.34. The lowest BCUT2D eigenvalue weighted by Crippen LogP contribution is -2.37. The van der Waals surface area contributed by atoms with Gasteiger partial charge in [-0.05, 0) is 63.5 Å². The summed E-state index contributed by atoms with van der Waals surface area (Å²) in [5.74, 6) is 2.90. The zero-order valence-corrected chi connectivity index (χ0v) is 21.3. The quantitative estimate of drug-likeness (QED) is 0.433. The van der Waals surface area contributed by atoms with Crippen molar-refractivity contribution in [2.24, 2.45) is 11.8 Å². The van der Waals surface area contributed by atoms with Crippen molar-refractivity contribution in [3.05, 3.63) is 5.56 Å². The molecular weight excluding hydrogens is 426 g/mol. The number of carbonyl (C=O) groups is 1. The van der Waals surface area contributed by atoms with Crippen LogP contribution >= 0.6 is 0 Å². The molecule has 1 saturated heterocycles. The van der Waals surface area contributed by atoms with Gasteiger partial charge in [-0.25, -0.2) is 0 Å². The molecule has 1 unspecified atom stereocenters. The molecule has 3 aliphatic rings. The highest BCUT2D eigenvalue weighted by molar-refractivity contribution is 6.01. The standard InChI is InChI=1S/C27H45N5O2/c1-2-3-18-34-27-29-25(28)23-19-24(33)32(26(23)30-27)16-8-7-12-22-13-9-15-31(20-22)17-14-21-10-5-4-6-11-21/h21-22H,2-20H2,1H3,(H2,28,29,30). The fraction of sp³-hybridized carbons (Fsp3) is 0.815. The van der Waals surface area contributed by atoms with Crippen molar-refractivity contribution >= 4 is 17.5 Å². The number of aromatic nitrogens is 2. The number of ether oxygens (including phenoxy) is 1. The maximum atomic E-state index is 12.7. The SMILES string of the molecule is CCCCOc1nc(N)c2c(n1)N(CCCCC1CCCN(CCC3CCCCC3)C1)C(=O)C2. The van der Waals surface area contributed by atoms with E-state index in [0.717, 1.165) is 43.1 Å². The summed E-state index contributed by atoms with van der Waals surface area (Å²) in [6.07, 6.45) is 17.1. The van der Waals surface area contributed by atoms with Gasteiger partial charge in [-0.1, -0.05) is 51.9 Å². The normalized spacial score (nSPS) is 21.7. The predicted octanol–water partition coefficient (Wildman–Crippen LogP) is 4.98. The Morgan fingerprint density at radius 2 is 1.79 bits per heavy atom. The highest BCUT2D eigenvalue weighted by atomic mass is 16.5. The van der Waals surface area contributed by atoms with E-state index in [1.807, 2.05) is 0 Å². The second-order valence-electron chi connectivity index (χ2n) is 10.7. The summed E-state index contributed by atoms with van der Waals surface area (Å²) in [6.45, 7) is 7.23. The maximum Gasteiger partial charge on any atom is 0.320 e. The van der Waals surface area contributed by atoms with E-state index in [9.17, 15) is 4.79 Å². The van der Waals surface area contributed by atoms with Crippen LogP contribution in [-0.2, 0) is 11.2 Å². The van der Waals surface area contributed by atoms with Crippen LogP contribution in [0.5, 0.6) is 6.01 Å². The number of carbonyl (C=O) groups excluding carboxylic acids is 1. The fourth-order valence-corrected chi connectivity index (χ4v) is 5.96. The molecule has 7 nitrogen and oxygen atoms in total. The van der Waals surface area contributed by atoms with E-state index < -0.39 is 0 Å². The largest absolute Gasteiger partial charge is 0.463 e. The number of nitrogens with two attached hydrogens (primary N) is 1. The summed E-state index contributed by atoms with van der Waals surface area (Å²) >= 11 is 0. The van der Waals surface area contributed by atoms with Gasteiger partial charge in [0, 0.05) is 18.7 Å². The summed E-state index contributed by atoms with van der Waals surface area (Å²) in [5, 5.41) is 0. The lowest BCUT2D eigenvalue weighted by atomic mass is 9.86. The van der Waals surface area contributed by atoms with Crippen LogP contribution in [0.15, 0.2) is 0 Å². The number of anilines is 2. The second kappa shape index (κ2) is 12.7. The number of unbranched alkanes of at least 4 members (excludes halogenated alkanes) is 2. The molecule has 3 heterocycles. The van der Waals surface area contributed by atoms with E-state index in [0.29, 0.717) is 37.2 Å². The molecule has 0 aromatic carbocycles. The Morgan fingerprint density at radius 1 is 0.971 bits per heavy atom. The van der Waals surface area contributed by atoms with E-state index in [1.165, 1.54) is 77.4 Å². The van der Waals surface area contributed by atoms with E-state index in [4.69, 9.17) is 10.5 Å². The van der Waals surface area contributed by atoms with Gasteiger partial charge in [0.1, 0.15) is 11.6 Å². The van der Waals surface area contributed by atoms with Crippen molar-refractivity contribution in [2.45, 2.75) is 96.8 Å². The Hall–Kier alpha value is -1.89. The molecule has 0 bridgehead atoms. The third-order valence-corrected chi connectivity index (χ3v) is 8.04. The molecule has 0 spiro atoms. The minimum absolute atomic E-state index is 0.0771. The van der Waals surface area contributed by atoms with Gasteiger partial charge in [-0.3, -0.25) is 9.69 Å². The van der Waals surface area contributed by atoms with Crippen LogP contribution in [0.2, 0.25) is 0 Å². The number of fused-ring (bicyclic) bond motifs is 1. The molecule has 2 N–H and O–H groups in total. The third kappa shape index (κ3) is 6.83. The first-order chi connectivity index (χ1) is 16.6. The number of piperidine rings is 1. The molecule has 2 aliphatic heterocycles. The molecule has 1 atom stereocenters. The molecular formula is C27H45N5O2. The maximum absolute atomic E-state index is 12.7. The van der Waals surface area contributed by atoms with Gasteiger partial charge in [-0.2, -0.15) is 9.97 Å². The first-order valence-corrected chi connectivity index (χ1v) is 14.0. The van der Waals surface area contributed by atoms with Crippen LogP contribution in [0.1, 0.15) is 96.0 Å². The number of hydrogen-bond acceptors (Lipinski definition) is 6. The van der Waals surface area contributed by atoms with Gasteiger partial charge < -0.3 is 15.4 Å². The molecule has 1 aromatic heterocycles. The summed E-state index contributed by atoms with van der Waals surface area (Å²) < 4.78 is 5.66. The zero-order chi connectivity index (χ0) is 23.8. The van der Waals surface area contributed by atoms with Crippen LogP contribution in [0.25, 0.3) is 0 Å². The Bertz CT molecular complexity index is 795. The molecule has 34 heavy (non-hydrogen) atoms. The Kier molecular flexibility index (Phi) is 9.42. The number of amides is 1. The predicted molar refractivity (Wildman–Crippen MR) is 137 cm³/mol. The van der Waals surface area contributed by atoms with Gasteiger partial charge in [0.2, 0.25) is 5.91 Å². The minimum Gasteiger partial charge on any atom is -0.463 e. The number of rotatable bonds is 12. The first kappa shape index (κ1) is 25.2. The third-order valence-electron chi connectivity index (χ3n) is 8.04. The van der Waals surface area contributed by atoms with Gasteiger partial charge in [-0.15, -0.1) is 0 Å². The summed E-state index contributed by atoms with van der Waals surface area (Å²) in [4.78, 5) is 26.0. The smallest absolute Gasteiger partial charge is 0.320 e. The molecule has 4 rings (SSSR count). The molecule has 7 heteroatoms. The fourth-order valence-electron chi connectivity index (χ4n) is 5.96. The molecule has 1 aromatic rings. The molecule has 0 radical (unpaired) electrons. The summed E-state index contributed by atoms with van der Waals surface area (Å²) in [6, 6.07) is 0.292. The van der Waals surface area contributed by atoms with Gasteiger partial charge in [0.05, 0.1) is 13.0 Å². The second-order valence-corrected chi connectivity index (χ2v) is 10.7. The first-order valence-electron chi connectivity index (χ1n) is 14.0. The van der Waals surface area contributed by atoms with Crippen molar-refractivity contribution in [1.82, 2.24) is 14.9 Å². The average molecular weight is 472 g/mol. The van der Waals surface area contributed by atoms with Gasteiger partial charge >= 0.3 is 6.01 Å². The zero-order valence-electron chi connectivity index (χ0n) is 21.3. The number of likely N-dealkylation sites (tertiary alicyclic amines) is 1. The van der Waals surface area contributed by atoms with Crippen molar-refractivity contribution in [3.8, 4) is 6.01 Å². The van der Waals surface area contributed by atoms with Crippen LogP contribution in [-0.4, -0.2) is 53.6 Å². The topological polar surface area (TPSA) is 84.6 Å². The average Bonchev–Trinajstić information content (AvgIpc) is 3.17. The van der Waals surface area contributed by atoms with Gasteiger partial charge in [0.25, 0.3) is 0 Å². The van der Waals surface area contributed by atoms with E-state index in [-0.39, 0.29) is 5.91 Å². The van der Waals surface area contributed by atoms with Crippen LogP contribution < -0.4 is 15.4 Å². The van der Waals surface area contributed by atoms with Crippen molar-refractivity contribution in [2.75, 3.05) is 43.4 Å². The van der Waals surface area contributed by atoms with E-state index >= 15 is 0 Å². The van der Waals surface area contributed by atoms with Crippen LogP contribution in [0.4, 0.5) is 11.6 Å². The van der Waals surface area contributed by atoms with Crippen molar-refractivity contribution in [1.29, 1.82) is 0 Å². The molecule has 190 valence electrons. The summed E-state index contributed by atoms with van der Waals surface area (Å²) in [7, 11) is 0. The molecule has 1 aliphatic carbocycles. The number of hydrogen-bond donors (Lipinski definition) is 1. The Balaban J connectivity index is 1.20. The lowest BCUT2D eigenvalue weighted by molar-refractivity contribution is -0.117. The van der Waals surface area contributed by atoms with Crippen LogP contribution in [0.3, 0.4) is 0 Å². The minimum atomic E-state index is 0.0771. The summed E-state index contributed by atoms with van der Waals surface area (Å²) in [5.41, 5.74) is 6.88. The Labute approximate surface area is 205 Å². The van der Waals surface area contributed by atoms with Crippen molar-refractivity contribution < 1.29 is 9.53 Å². The number of nitrogens with zero attached hydrogens (tertiary/aromatic N) is 4. The van der Waals surface area contributed by atoms with Gasteiger partial charge in [0.15, 0.2) is 0 Å². The Morgan fingerprint density at radius 3 is 2.62 bits per heavy atom. The van der Waals surface area contributed by atoms with Crippen LogP contribution in [0, 0.1) is 11.8 Å². The molecule has 2 fully saturated rings. The molecule has 1 amide bonds. The molecule has 1 saturated carbocycles. The van der Waals surface area contributed by atoms with E-state index in [1.54, 1.807) is 4.90 Å². The highest BCUT2D eigenvalue weighted by Gasteiger charge is 2.32. The monoisotopic (exact) mass is 471 g/mol.